The van der Waals surface area contributed by atoms with Crippen LogP contribution in [0.2, 0.25) is 0 Å². The predicted octanol–water partition coefficient (Wildman–Crippen LogP) is -1.26. The molecule has 0 aromatic heterocycles. The van der Waals surface area contributed by atoms with Gasteiger partial charge >= 0.3 is 11.9 Å². The van der Waals surface area contributed by atoms with Crippen LogP contribution < -0.4 is 0 Å². The molecule has 34 heavy (non-hydrogen) atoms. The third-order valence-electron chi connectivity index (χ3n) is 4.88. The second-order valence-corrected chi connectivity index (χ2v) is 7.24. The number of hydrogen-bond acceptors (Lipinski definition) is 14. The van der Waals surface area contributed by atoms with Crippen LogP contribution in [0.1, 0.15) is 20.7 Å². The summed E-state index contributed by atoms with van der Waals surface area (Å²) in [6.45, 7) is -0.749. The Labute approximate surface area is 189 Å². The van der Waals surface area contributed by atoms with Crippen LogP contribution in [0.4, 0.5) is 0 Å². The Bertz CT molecular complexity index is 1050. The Balaban J connectivity index is 1.70. The lowest BCUT2D eigenvalue weighted by Crippen LogP contribution is -2.59. The molecule has 0 aliphatic carbocycles. The van der Waals surface area contributed by atoms with Gasteiger partial charge in [-0.1, -0.05) is 0 Å². The zero-order valence-electron chi connectivity index (χ0n) is 17.0. The number of phenolic OH excluding ortho intramolecular Hbond substituents is 6. The van der Waals surface area contributed by atoms with Gasteiger partial charge < -0.3 is 60.2 Å². The van der Waals surface area contributed by atoms with Gasteiger partial charge in [-0.2, -0.15) is 0 Å². The fourth-order valence-electron chi connectivity index (χ4n) is 3.01. The van der Waals surface area contributed by atoms with Crippen molar-refractivity contribution in [2.24, 2.45) is 0 Å². The zero-order chi connectivity index (χ0) is 25.3. The SMILES string of the molecule is O=C(OC[C@H]1O[C@H](OC(=O)c2cc(O)c(O)c(O)c2)[C@H](O)[C@@H](O)[C@@H]1O)c1cc(O)c(O)c(O)c1. The van der Waals surface area contributed by atoms with Crippen LogP contribution in [0.5, 0.6) is 34.5 Å². The summed E-state index contributed by atoms with van der Waals surface area (Å²) in [4.78, 5) is 24.5. The molecule has 1 fully saturated rings. The minimum Gasteiger partial charge on any atom is -0.504 e. The molecule has 184 valence electrons. The molecular formula is C20H20O14. The number of ether oxygens (including phenoxy) is 3. The average Bonchev–Trinajstić information content (AvgIpc) is 2.79. The van der Waals surface area contributed by atoms with Gasteiger partial charge in [-0.05, 0) is 24.3 Å². The van der Waals surface area contributed by atoms with Crippen molar-refractivity contribution in [3.8, 4) is 34.5 Å². The predicted molar refractivity (Wildman–Crippen MR) is 105 cm³/mol. The Morgan fingerprint density at radius 2 is 1.15 bits per heavy atom. The van der Waals surface area contributed by atoms with E-state index in [2.05, 4.69) is 0 Å². The van der Waals surface area contributed by atoms with Crippen molar-refractivity contribution in [1.29, 1.82) is 0 Å². The van der Waals surface area contributed by atoms with Crippen LogP contribution in [0.15, 0.2) is 24.3 Å². The van der Waals surface area contributed by atoms with E-state index < -0.39 is 89.3 Å². The lowest BCUT2D eigenvalue weighted by atomic mass is 9.99. The van der Waals surface area contributed by atoms with Gasteiger partial charge in [0.25, 0.3) is 0 Å². The summed E-state index contributed by atoms with van der Waals surface area (Å²) in [5.41, 5.74) is -0.840. The molecule has 14 heteroatoms. The number of hydrogen-bond donors (Lipinski definition) is 9. The molecule has 14 nitrogen and oxygen atoms in total. The van der Waals surface area contributed by atoms with Gasteiger partial charge in [0.05, 0.1) is 11.1 Å². The maximum atomic E-state index is 12.3. The molecule has 0 unspecified atom stereocenters. The molecule has 0 amide bonds. The van der Waals surface area contributed by atoms with Crippen molar-refractivity contribution in [1.82, 2.24) is 0 Å². The quantitative estimate of drug-likeness (QED) is 0.178. The summed E-state index contributed by atoms with van der Waals surface area (Å²) < 4.78 is 15.0. The van der Waals surface area contributed by atoms with E-state index in [1.807, 2.05) is 0 Å². The van der Waals surface area contributed by atoms with Crippen LogP contribution in [-0.2, 0) is 14.2 Å². The number of carbonyl (C=O) groups excluding carboxylic acids is 2. The van der Waals surface area contributed by atoms with E-state index in [4.69, 9.17) is 14.2 Å². The number of aliphatic hydroxyl groups is 3. The summed E-state index contributed by atoms with van der Waals surface area (Å²) in [7, 11) is 0. The normalized spacial score (nSPS) is 24.4. The zero-order valence-corrected chi connectivity index (χ0v) is 17.0. The summed E-state index contributed by atoms with van der Waals surface area (Å²) in [5, 5.41) is 86.9. The first-order valence-corrected chi connectivity index (χ1v) is 9.48. The number of phenols is 6. The number of carbonyl (C=O) groups is 2. The first-order chi connectivity index (χ1) is 15.9. The van der Waals surface area contributed by atoms with Crippen LogP contribution in [0, 0.1) is 0 Å². The lowest BCUT2D eigenvalue weighted by molar-refractivity contribution is -0.285. The van der Waals surface area contributed by atoms with Crippen molar-refractivity contribution in [3.05, 3.63) is 35.4 Å². The van der Waals surface area contributed by atoms with Gasteiger partial charge in [0.2, 0.25) is 6.29 Å². The molecule has 0 saturated carbocycles. The van der Waals surface area contributed by atoms with Crippen LogP contribution in [-0.4, -0.2) is 95.2 Å². The largest absolute Gasteiger partial charge is 0.504 e. The molecular weight excluding hydrogens is 464 g/mol. The van der Waals surface area contributed by atoms with Crippen molar-refractivity contribution in [3.63, 3.8) is 0 Å². The summed E-state index contributed by atoms with van der Waals surface area (Å²) >= 11 is 0. The van der Waals surface area contributed by atoms with E-state index in [0.29, 0.717) is 0 Å². The molecule has 9 N–H and O–H groups in total. The van der Waals surface area contributed by atoms with Crippen LogP contribution in [0.3, 0.4) is 0 Å². The highest BCUT2D eigenvalue weighted by molar-refractivity contribution is 5.91. The number of aromatic hydroxyl groups is 6. The average molecular weight is 484 g/mol. The first kappa shape index (κ1) is 24.7. The minimum atomic E-state index is -1.95. The molecule has 1 saturated heterocycles. The number of aliphatic hydroxyl groups excluding tert-OH is 3. The van der Waals surface area contributed by atoms with Crippen molar-refractivity contribution in [2.45, 2.75) is 30.7 Å². The fourth-order valence-corrected chi connectivity index (χ4v) is 3.01. The second-order valence-electron chi connectivity index (χ2n) is 7.24. The van der Waals surface area contributed by atoms with Crippen molar-refractivity contribution in [2.75, 3.05) is 6.61 Å². The third-order valence-corrected chi connectivity index (χ3v) is 4.88. The second kappa shape index (κ2) is 9.48. The highest BCUT2D eigenvalue weighted by Gasteiger charge is 2.46. The maximum absolute atomic E-state index is 12.3. The Morgan fingerprint density at radius 1 is 0.706 bits per heavy atom. The molecule has 1 heterocycles. The summed E-state index contributed by atoms with van der Waals surface area (Å²) in [5.74, 6) is -7.45. The summed E-state index contributed by atoms with van der Waals surface area (Å²) in [6.07, 6.45) is -9.09. The topological polar surface area (TPSA) is 244 Å². The Morgan fingerprint density at radius 3 is 1.62 bits per heavy atom. The smallest absolute Gasteiger partial charge is 0.340 e. The number of benzene rings is 2. The van der Waals surface area contributed by atoms with Gasteiger partial charge in [0.1, 0.15) is 31.0 Å². The van der Waals surface area contributed by atoms with Crippen LogP contribution >= 0.6 is 0 Å². The molecule has 1 aliphatic rings. The highest BCUT2D eigenvalue weighted by atomic mass is 16.7. The standard InChI is InChI=1S/C20H20O14/c21-8-1-6(2-9(22)13(8)25)18(30)32-5-12-15(27)16(28)17(29)20(33-12)34-19(31)7-3-10(23)14(26)11(24)4-7/h1-4,12,15-17,20-29H,5H2/t12-,15-,16+,17-,20-/m1/s1. The number of esters is 2. The van der Waals surface area contributed by atoms with E-state index in [0.717, 1.165) is 24.3 Å². The van der Waals surface area contributed by atoms with E-state index in [1.165, 1.54) is 0 Å². The monoisotopic (exact) mass is 484 g/mol. The van der Waals surface area contributed by atoms with Gasteiger partial charge in [-0.3, -0.25) is 0 Å². The van der Waals surface area contributed by atoms with E-state index in [9.17, 15) is 55.5 Å². The van der Waals surface area contributed by atoms with Gasteiger partial charge in [-0.15, -0.1) is 0 Å². The molecule has 2 aromatic rings. The third kappa shape index (κ3) is 4.84. The van der Waals surface area contributed by atoms with E-state index in [1.54, 1.807) is 0 Å². The van der Waals surface area contributed by atoms with Crippen molar-refractivity contribution < 1.29 is 69.8 Å². The van der Waals surface area contributed by atoms with Gasteiger partial charge in [-0.25, -0.2) is 9.59 Å². The Kier molecular flexibility index (Phi) is 6.88. The molecule has 5 atom stereocenters. The molecule has 1 aliphatic heterocycles. The summed E-state index contributed by atoms with van der Waals surface area (Å²) in [6, 6.07) is 3.08. The van der Waals surface area contributed by atoms with Crippen LogP contribution in [0.25, 0.3) is 0 Å². The minimum absolute atomic E-state index is 0.381. The van der Waals surface area contributed by atoms with Crippen molar-refractivity contribution >= 4 is 11.9 Å². The first-order valence-electron chi connectivity index (χ1n) is 9.48. The van der Waals surface area contributed by atoms with E-state index >= 15 is 0 Å². The molecule has 0 spiro atoms. The van der Waals surface area contributed by atoms with Gasteiger partial charge in [0, 0.05) is 0 Å². The molecule has 0 bridgehead atoms. The molecule has 2 aromatic carbocycles. The van der Waals surface area contributed by atoms with E-state index in [-0.39, 0.29) is 5.56 Å². The molecule has 0 radical (unpaired) electrons. The lowest BCUT2D eigenvalue weighted by Gasteiger charge is -2.39. The fraction of sp³-hybridized carbons (Fsp3) is 0.300. The molecule has 3 rings (SSSR count). The maximum Gasteiger partial charge on any atom is 0.340 e. The van der Waals surface area contributed by atoms with Gasteiger partial charge in [0.15, 0.2) is 34.5 Å². The highest BCUT2D eigenvalue weighted by Crippen LogP contribution is 2.37. The Hall–Kier alpha value is -3.98. The number of rotatable bonds is 5.